The van der Waals surface area contributed by atoms with Gasteiger partial charge in [0, 0.05) is 11.8 Å². The van der Waals surface area contributed by atoms with Gasteiger partial charge < -0.3 is 10.6 Å². The predicted octanol–water partition coefficient (Wildman–Crippen LogP) is 3.03. The molecule has 1 aliphatic rings. The van der Waals surface area contributed by atoms with Crippen LogP contribution in [0.15, 0.2) is 60.9 Å². The molecule has 0 saturated carbocycles. The normalized spacial score (nSPS) is 16.4. The second kappa shape index (κ2) is 5.28. The third-order valence-electron chi connectivity index (χ3n) is 4.04. The summed E-state index contributed by atoms with van der Waals surface area (Å²) in [6.45, 7) is 1.99. The van der Waals surface area contributed by atoms with E-state index in [0.29, 0.717) is 5.56 Å². The van der Waals surface area contributed by atoms with Crippen molar-refractivity contribution in [3.05, 3.63) is 77.6 Å². The maximum atomic E-state index is 12.3. The summed E-state index contributed by atoms with van der Waals surface area (Å²) in [5.74, 6) is -0.0695. The Balaban J connectivity index is 1.67. The van der Waals surface area contributed by atoms with E-state index in [1.54, 1.807) is 10.9 Å². The van der Waals surface area contributed by atoms with Gasteiger partial charge in [-0.15, -0.1) is 0 Å². The number of para-hydroxylation sites is 2. The molecule has 5 nitrogen and oxygen atoms in total. The Morgan fingerprint density at radius 3 is 2.70 bits per heavy atom. The minimum Gasteiger partial charge on any atom is -0.361 e. The van der Waals surface area contributed by atoms with Gasteiger partial charge in [-0.25, -0.2) is 4.68 Å². The molecule has 1 atom stereocenters. The molecule has 0 spiro atoms. The molecule has 5 heteroatoms. The summed E-state index contributed by atoms with van der Waals surface area (Å²) in [4.78, 5) is 12.3. The zero-order valence-corrected chi connectivity index (χ0v) is 12.7. The van der Waals surface area contributed by atoms with E-state index in [-0.39, 0.29) is 12.1 Å². The number of anilines is 1. The van der Waals surface area contributed by atoms with Crippen LogP contribution in [0.4, 0.5) is 5.69 Å². The molecule has 0 aliphatic carbocycles. The molecular formula is C18H16N4O. The van der Waals surface area contributed by atoms with Gasteiger partial charge in [0.1, 0.15) is 6.17 Å². The lowest BCUT2D eigenvalue weighted by Gasteiger charge is -2.28. The molecule has 1 amide bonds. The first-order valence-corrected chi connectivity index (χ1v) is 7.49. The molecular weight excluding hydrogens is 288 g/mol. The highest BCUT2D eigenvalue weighted by Crippen LogP contribution is 2.29. The van der Waals surface area contributed by atoms with Crippen LogP contribution in [-0.2, 0) is 0 Å². The number of benzene rings is 2. The number of carbonyl (C=O) groups is 1. The Bertz CT molecular complexity index is 870. The maximum Gasteiger partial charge on any atom is 0.255 e. The highest BCUT2D eigenvalue weighted by molar-refractivity contribution is 6.02. The molecule has 23 heavy (non-hydrogen) atoms. The van der Waals surface area contributed by atoms with Gasteiger partial charge in [-0.2, -0.15) is 5.10 Å². The smallest absolute Gasteiger partial charge is 0.255 e. The Morgan fingerprint density at radius 2 is 1.87 bits per heavy atom. The Labute approximate surface area is 134 Å². The van der Waals surface area contributed by atoms with Crippen LogP contribution in [0.25, 0.3) is 5.69 Å². The maximum absolute atomic E-state index is 12.3. The van der Waals surface area contributed by atoms with Crippen molar-refractivity contribution in [2.75, 3.05) is 5.32 Å². The largest absolute Gasteiger partial charge is 0.361 e. The fourth-order valence-electron chi connectivity index (χ4n) is 2.81. The zero-order valence-electron chi connectivity index (χ0n) is 12.7. The first kappa shape index (κ1) is 13.6. The van der Waals surface area contributed by atoms with Gasteiger partial charge in [-0.1, -0.05) is 30.3 Å². The first-order valence-electron chi connectivity index (χ1n) is 7.49. The van der Waals surface area contributed by atoms with Crippen LogP contribution < -0.4 is 10.6 Å². The topological polar surface area (TPSA) is 59.0 Å². The molecule has 2 N–H and O–H groups in total. The van der Waals surface area contributed by atoms with Crippen molar-refractivity contribution in [1.82, 2.24) is 15.1 Å². The molecule has 0 radical (unpaired) electrons. The standard InChI is InChI=1S/C18H16N4O/c1-12-6-5-9-15-16(12)20-17(21-18(15)23)13-10-19-22(11-13)14-7-3-2-4-8-14/h2-11,17,20H,1H3,(H,21,23)/t17-/m0/s1. The second-order valence-corrected chi connectivity index (χ2v) is 5.60. The molecule has 0 fully saturated rings. The van der Waals surface area contributed by atoms with Crippen molar-refractivity contribution in [2.24, 2.45) is 0 Å². The van der Waals surface area contributed by atoms with E-state index in [1.165, 1.54) is 0 Å². The number of nitrogens with zero attached hydrogens (tertiary/aromatic N) is 2. The summed E-state index contributed by atoms with van der Waals surface area (Å²) in [6, 6.07) is 15.6. The summed E-state index contributed by atoms with van der Waals surface area (Å²) in [7, 11) is 0. The van der Waals surface area contributed by atoms with Gasteiger partial charge in [0.2, 0.25) is 0 Å². The highest BCUT2D eigenvalue weighted by Gasteiger charge is 2.26. The number of hydrogen-bond acceptors (Lipinski definition) is 3. The summed E-state index contributed by atoms with van der Waals surface area (Å²) < 4.78 is 1.80. The number of amides is 1. The molecule has 1 aliphatic heterocycles. The Morgan fingerprint density at radius 1 is 1.04 bits per heavy atom. The lowest BCUT2D eigenvalue weighted by atomic mass is 10.0. The lowest BCUT2D eigenvalue weighted by molar-refractivity contribution is 0.0935. The van der Waals surface area contributed by atoms with Crippen LogP contribution in [0.5, 0.6) is 0 Å². The van der Waals surface area contributed by atoms with Gasteiger partial charge in [-0.05, 0) is 30.7 Å². The lowest BCUT2D eigenvalue weighted by Crippen LogP contribution is -2.38. The molecule has 2 heterocycles. The van der Waals surface area contributed by atoms with E-state index < -0.39 is 0 Å². The molecule has 2 aromatic carbocycles. The van der Waals surface area contributed by atoms with Crippen LogP contribution in [0, 0.1) is 6.92 Å². The van der Waals surface area contributed by atoms with E-state index >= 15 is 0 Å². The van der Waals surface area contributed by atoms with Crippen molar-refractivity contribution in [1.29, 1.82) is 0 Å². The average Bonchev–Trinajstić information content (AvgIpc) is 3.07. The number of nitrogens with one attached hydrogen (secondary N) is 2. The number of aryl methyl sites for hydroxylation is 1. The average molecular weight is 304 g/mol. The van der Waals surface area contributed by atoms with Crippen LogP contribution in [0.1, 0.15) is 27.7 Å². The minimum absolute atomic E-state index is 0.0695. The SMILES string of the molecule is Cc1cccc2c1N[C@H](c1cnn(-c3ccccc3)c1)NC2=O. The number of aromatic nitrogens is 2. The van der Waals surface area contributed by atoms with Gasteiger partial charge in [0.15, 0.2) is 0 Å². The summed E-state index contributed by atoms with van der Waals surface area (Å²) in [6.07, 6.45) is 3.42. The van der Waals surface area contributed by atoms with E-state index in [0.717, 1.165) is 22.5 Å². The number of hydrogen-bond donors (Lipinski definition) is 2. The monoisotopic (exact) mass is 304 g/mol. The zero-order chi connectivity index (χ0) is 15.8. The van der Waals surface area contributed by atoms with Crippen molar-refractivity contribution in [3.63, 3.8) is 0 Å². The fourth-order valence-corrected chi connectivity index (χ4v) is 2.81. The van der Waals surface area contributed by atoms with E-state index in [2.05, 4.69) is 15.7 Å². The summed E-state index contributed by atoms with van der Waals surface area (Å²) in [5.41, 5.74) is 4.51. The molecule has 3 aromatic rings. The van der Waals surface area contributed by atoms with Gasteiger partial charge >= 0.3 is 0 Å². The van der Waals surface area contributed by atoms with Crippen molar-refractivity contribution >= 4 is 11.6 Å². The Kier molecular flexibility index (Phi) is 3.12. The van der Waals surface area contributed by atoms with Crippen molar-refractivity contribution < 1.29 is 4.79 Å². The minimum atomic E-state index is -0.284. The van der Waals surface area contributed by atoms with E-state index in [4.69, 9.17) is 0 Å². The molecule has 0 saturated heterocycles. The molecule has 114 valence electrons. The number of carbonyl (C=O) groups excluding carboxylic acids is 1. The highest BCUT2D eigenvalue weighted by atomic mass is 16.2. The van der Waals surface area contributed by atoms with Crippen LogP contribution >= 0.6 is 0 Å². The van der Waals surface area contributed by atoms with Gasteiger partial charge in [-0.3, -0.25) is 4.79 Å². The van der Waals surface area contributed by atoms with E-state index in [1.807, 2.05) is 61.7 Å². The second-order valence-electron chi connectivity index (χ2n) is 5.60. The molecule has 0 unspecified atom stereocenters. The van der Waals surface area contributed by atoms with E-state index in [9.17, 15) is 4.79 Å². The van der Waals surface area contributed by atoms with Crippen molar-refractivity contribution in [3.8, 4) is 5.69 Å². The first-order chi connectivity index (χ1) is 11.2. The fraction of sp³-hybridized carbons (Fsp3) is 0.111. The van der Waals surface area contributed by atoms with Crippen LogP contribution in [-0.4, -0.2) is 15.7 Å². The van der Waals surface area contributed by atoms with Crippen LogP contribution in [0.2, 0.25) is 0 Å². The Hall–Kier alpha value is -3.08. The third kappa shape index (κ3) is 2.36. The van der Waals surface area contributed by atoms with Gasteiger partial charge in [0.05, 0.1) is 23.1 Å². The predicted molar refractivity (Wildman–Crippen MR) is 88.6 cm³/mol. The number of fused-ring (bicyclic) bond motifs is 1. The quantitative estimate of drug-likeness (QED) is 0.765. The summed E-state index contributed by atoms with van der Waals surface area (Å²) >= 11 is 0. The van der Waals surface area contributed by atoms with Crippen LogP contribution in [0.3, 0.4) is 0 Å². The third-order valence-corrected chi connectivity index (χ3v) is 4.04. The van der Waals surface area contributed by atoms with Crippen molar-refractivity contribution in [2.45, 2.75) is 13.1 Å². The molecule has 4 rings (SSSR count). The molecule has 0 bridgehead atoms. The van der Waals surface area contributed by atoms with Gasteiger partial charge in [0.25, 0.3) is 5.91 Å². The molecule has 1 aromatic heterocycles. The summed E-state index contributed by atoms with van der Waals surface area (Å²) in [5, 5.41) is 10.8. The number of rotatable bonds is 2.